The van der Waals surface area contributed by atoms with Crippen LogP contribution < -0.4 is 16.0 Å². The average molecular weight is 396 g/mol. The van der Waals surface area contributed by atoms with E-state index in [0.717, 1.165) is 25.3 Å². The number of amides is 1. The molecular weight excluding hydrogens is 372 g/mol. The van der Waals surface area contributed by atoms with Crippen molar-refractivity contribution in [1.82, 2.24) is 4.90 Å². The fourth-order valence-electron chi connectivity index (χ4n) is 4.05. The number of carbonyl (C=O) groups excluding carboxylic acids is 1. The van der Waals surface area contributed by atoms with E-state index in [-0.39, 0.29) is 5.56 Å². The number of morpholine rings is 1. The standard InChI is InChI=1S/C21H24N4O4/c22-20(28)21(16-4-2-1-3-5-16)23-17-14-15(19(26)27)6-7-18(17)25(21)9-8-24-10-12-29-13-11-24/h1-7,14,23H,8-13H2,(H2,22,28)(H,26,27). The zero-order valence-corrected chi connectivity index (χ0v) is 16.0. The van der Waals surface area contributed by atoms with Crippen molar-refractivity contribution in [2.24, 2.45) is 5.73 Å². The van der Waals surface area contributed by atoms with Crippen molar-refractivity contribution in [2.75, 3.05) is 49.6 Å². The number of benzene rings is 2. The Morgan fingerprint density at radius 1 is 1.10 bits per heavy atom. The molecule has 1 saturated heterocycles. The Morgan fingerprint density at radius 2 is 1.83 bits per heavy atom. The van der Waals surface area contributed by atoms with Crippen molar-refractivity contribution >= 4 is 23.3 Å². The van der Waals surface area contributed by atoms with Gasteiger partial charge in [0.15, 0.2) is 0 Å². The summed E-state index contributed by atoms with van der Waals surface area (Å²) in [6, 6.07) is 14.1. The van der Waals surface area contributed by atoms with E-state index in [1.807, 2.05) is 35.2 Å². The first-order chi connectivity index (χ1) is 14.0. The van der Waals surface area contributed by atoms with Crippen LogP contribution in [-0.2, 0) is 15.2 Å². The lowest BCUT2D eigenvalue weighted by molar-refractivity contribution is -0.122. The van der Waals surface area contributed by atoms with Crippen LogP contribution in [0.4, 0.5) is 11.4 Å². The second-order valence-electron chi connectivity index (χ2n) is 7.21. The van der Waals surface area contributed by atoms with Crippen LogP contribution in [0.25, 0.3) is 0 Å². The lowest BCUT2D eigenvalue weighted by Crippen LogP contribution is -2.58. The van der Waals surface area contributed by atoms with Gasteiger partial charge in [-0.1, -0.05) is 30.3 Å². The van der Waals surface area contributed by atoms with Crippen molar-refractivity contribution in [3.8, 4) is 0 Å². The molecule has 1 atom stereocenters. The maximum absolute atomic E-state index is 12.8. The third-order valence-corrected chi connectivity index (χ3v) is 5.55. The zero-order chi connectivity index (χ0) is 20.4. The molecule has 2 aromatic carbocycles. The summed E-state index contributed by atoms with van der Waals surface area (Å²) in [5.74, 6) is -1.57. The van der Waals surface area contributed by atoms with Crippen LogP contribution in [0.5, 0.6) is 0 Å². The molecule has 1 amide bonds. The van der Waals surface area contributed by atoms with E-state index in [1.54, 1.807) is 18.2 Å². The van der Waals surface area contributed by atoms with Crippen molar-refractivity contribution in [3.05, 3.63) is 59.7 Å². The summed E-state index contributed by atoms with van der Waals surface area (Å²) in [7, 11) is 0. The number of nitrogens with one attached hydrogen (secondary N) is 1. The Balaban J connectivity index is 1.75. The van der Waals surface area contributed by atoms with Gasteiger partial charge < -0.3 is 25.8 Å². The molecule has 4 N–H and O–H groups in total. The van der Waals surface area contributed by atoms with E-state index in [2.05, 4.69) is 10.2 Å². The van der Waals surface area contributed by atoms with E-state index >= 15 is 0 Å². The molecule has 2 aromatic rings. The lowest BCUT2D eigenvalue weighted by atomic mass is 9.97. The van der Waals surface area contributed by atoms with Crippen LogP contribution in [0.1, 0.15) is 15.9 Å². The highest BCUT2D eigenvalue weighted by Crippen LogP contribution is 2.45. The first-order valence-electron chi connectivity index (χ1n) is 9.61. The van der Waals surface area contributed by atoms with Crippen LogP contribution in [0.15, 0.2) is 48.5 Å². The Hall–Kier alpha value is -3.10. The predicted molar refractivity (Wildman–Crippen MR) is 109 cm³/mol. The summed E-state index contributed by atoms with van der Waals surface area (Å²) in [5.41, 5.74) is 6.86. The number of hydrogen-bond acceptors (Lipinski definition) is 6. The number of fused-ring (bicyclic) bond motifs is 1. The van der Waals surface area contributed by atoms with Crippen LogP contribution in [0, 0.1) is 0 Å². The van der Waals surface area contributed by atoms with Crippen molar-refractivity contribution < 1.29 is 19.4 Å². The topological polar surface area (TPSA) is 108 Å². The molecular formula is C21H24N4O4. The normalized spacial score (nSPS) is 21.4. The molecule has 1 unspecified atom stereocenters. The van der Waals surface area contributed by atoms with Crippen LogP contribution >= 0.6 is 0 Å². The van der Waals surface area contributed by atoms with E-state index in [0.29, 0.717) is 31.0 Å². The first-order valence-corrected chi connectivity index (χ1v) is 9.61. The fraction of sp³-hybridized carbons (Fsp3) is 0.333. The second-order valence-corrected chi connectivity index (χ2v) is 7.21. The van der Waals surface area contributed by atoms with Crippen molar-refractivity contribution in [2.45, 2.75) is 5.66 Å². The fourth-order valence-corrected chi connectivity index (χ4v) is 4.05. The maximum Gasteiger partial charge on any atom is 0.335 e. The largest absolute Gasteiger partial charge is 0.478 e. The molecule has 8 nitrogen and oxygen atoms in total. The minimum atomic E-state index is -1.28. The van der Waals surface area contributed by atoms with E-state index < -0.39 is 17.5 Å². The smallest absolute Gasteiger partial charge is 0.335 e. The van der Waals surface area contributed by atoms with E-state index in [4.69, 9.17) is 10.5 Å². The third-order valence-electron chi connectivity index (χ3n) is 5.55. The molecule has 1 fully saturated rings. The maximum atomic E-state index is 12.8. The van der Waals surface area contributed by atoms with Gasteiger partial charge in [-0.2, -0.15) is 0 Å². The summed E-state index contributed by atoms with van der Waals surface area (Å²) in [4.78, 5) is 28.5. The summed E-state index contributed by atoms with van der Waals surface area (Å²) < 4.78 is 5.41. The molecule has 0 aliphatic carbocycles. The summed E-state index contributed by atoms with van der Waals surface area (Å²) in [6.45, 7) is 4.33. The highest BCUT2D eigenvalue weighted by atomic mass is 16.5. The summed E-state index contributed by atoms with van der Waals surface area (Å²) in [6.07, 6.45) is 0. The van der Waals surface area contributed by atoms with Gasteiger partial charge in [-0.15, -0.1) is 0 Å². The molecule has 29 heavy (non-hydrogen) atoms. The van der Waals surface area contributed by atoms with Gasteiger partial charge in [-0.25, -0.2) is 4.79 Å². The average Bonchev–Trinajstić information content (AvgIpc) is 3.08. The van der Waals surface area contributed by atoms with Gasteiger partial charge in [0.05, 0.1) is 30.2 Å². The summed E-state index contributed by atoms with van der Waals surface area (Å²) in [5, 5.41) is 12.6. The molecule has 2 aliphatic rings. The molecule has 0 spiro atoms. The van der Waals surface area contributed by atoms with Crippen LogP contribution in [-0.4, -0.2) is 61.3 Å². The van der Waals surface area contributed by atoms with Gasteiger partial charge >= 0.3 is 5.97 Å². The van der Waals surface area contributed by atoms with Crippen molar-refractivity contribution in [3.63, 3.8) is 0 Å². The van der Waals surface area contributed by atoms with Gasteiger partial charge in [-0.05, 0) is 18.2 Å². The van der Waals surface area contributed by atoms with E-state index in [9.17, 15) is 14.7 Å². The SMILES string of the molecule is NC(=O)C1(c2ccccc2)Nc2cc(C(=O)O)ccc2N1CCN1CCOCC1. The Kier molecular flexibility index (Phi) is 5.12. The van der Waals surface area contributed by atoms with Crippen LogP contribution in [0.2, 0.25) is 0 Å². The monoisotopic (exact) mass is 396 g/mol. The summed E-state index contributed by atoms with van der Waals surface area (Å²) >= 11 is 0. The number of aromatic carboxylic acids is 1. The number of primary amides is 1. The van der Waals surface area contributed by atoms with E-state index in [1.165, 1.54) is 0 Å². The number of hydrogen-bond donors (Lipinski definition) is 3. The van der Waals surface area contributed by atoms with Gasteiger partial charge in [0.2, 0.25) is 5.66 Å². The molecule has 8 heteroatoms. The number of carbonyl (C=O) groups is 2. The third kappa shape index (κ3) is 3.41. The number of carboxylic acids is 1. The first kappa shape index (κ1) is 19.2. The number of nitrogens with two attached hydrogens (primary N) is 1. The zero-order valence-electron chi connectivity index (χ0n) is 16.0. The number of rotatable bonds is 6. The molecule has 2 heterocycles. The Morgan fingerprint density at radius 3 is 2.48 bits per heavy atom. The molecule has 4 rings (SSSR count). The molecule has 152 valence electrons. The van der Waals surface area contributed by atoms with Gasteiger partial charge in [0, 0.05) is 31.7 Å². The number of anilines is 2. The molecule has 0 aromatic heterocycles. The second kappa shape index (κ2) is 7.73. The molecule has 0 bridgehead atoms. The van der Waals surface area contributed by atoms with Gasteiger partial charge in [0.25, 0.3) is 5.91 Å². The lowest BCUT2D eigenvalue weighted by Gasteiger charge is -2.39. The highest BCUT2D eigenvalue weighted by molar-refractivity contribution is 6.00. The van der Waals surface area contributed by atoms with Crippen molar-refractivity contribution in [1.29, 1.82) is 0 Å². The Labute approximate surface area is 168 Å². The molecule has 0 saturated carbocycles. The molecule has 0 radical (unpaired) electrons. The van der Waals surface area contributed by atoms with Gasteiger partial charge in [0.1, 0.15) is 0 Å². The highest BCUT2D eigenvalue weighted by Gasteiger charge is 2.50. The Bertz CT molecular complexity index is 914. The predicted octanol–water partition coefficient (Wildman–Crippen LogP) is 1.29. The minimum Gasteiger partial charge on any atom is -0.478 e. The number of carboxylic acid groups (broad SMARTS) is 1. The van der Waals surface area contributed by atoms with Crippen LogP contribution in [0.3, 0.4) is 0 Å². The van der Waals surface area contributed by atoms with Gasteiger partial charge in [-0.3, -0.25) is 9.69 Å². The quantitative estimate of drug-likeness (QED) is 0.675. The molecule has 2 aliphatic heterocycles. The number of nitrogens with zero attached hydrogens (tertiary/aromatic N) is 2. The minimum absolute atomic E-state index is 0.151. The number of ether oxygens (including phenoxy) is 1.